The fourth-order valence-corrected chi connectivity index (χ4v) is 2.25. The maximum atomic E-state index is 12.8. The summed E-state index contributed by atoms with van der Waals surface area (Å²) in [6.07, 6.45) is -4.17. The number of rotatable bonds is 2. The molecule has 0 bridgehead atoms. The highest BCUT2D eigenvalue weighted by Crippen LogP contribution is 2.29. The van der Waals surface area contributed by atoms with E-state index in [-0.39, 0.29) is 5.69 Å². The molecular formula is C13H15F3N2O2. The zero-order valence-electron chi connectivity index (χ0n) is 10.7. The number of anilines is 2. The molecule has 0 spiro atoms. The molecule has 110 valence electrons. The smallest absolute Gasteiger partial charge is 0.399 e. The van der Waals surface area contributed by atoms with Crippen LogP contribution in [0.2, 0.25) is 0 Å². The lowest BCUT2D eigenvalue weighted by Crippen LogP contribution is -2.49. The molecule has 2 N–H and O–H groups in total. The van der Waals surface area contributed by atoms with E-state index in [1.54, 1.807) is 6.07 Å². The number of ether oxygens (including phenoxy) is 1. The molecule has 1 aliphatic heterocycles. The standard InChI is InChI=1S/C13H15F3N2O2/c14-13(15,16)12(19)18(10-4-6-20-7-5-10)11-3-1-2-9(17)8-11/h1-3,8,10H,4-7,17H2. The van der Waals surface area contributed by atoms with Crippen LogP contribution in [0.1, 0.15) is 12.8 Å². The van der Waals surface area contributed by atoms with E-state index in [1.807, 2.05) is 0 Å². The molecule has 1 aliphatic rings. The maximum Gasteiger partial charge on any atom is 0.471 e. The van der Waals surface area contributed by atoms with Crippen LogP contribution in [0.3, 0.4) is 0 Å². The van der Waals surface area contributed by atoms with E-state index < -0.39 is 18.1 Å². The Morgan fingerprint density at radius 3 is 2.50 bits per heavy atom. The molecule has 2 rings (SSSR count). The third kappa shape index (κ3) is 3.22. The highest BCUT2D eigenvalue weighted by Gasteiger charge is 2.45. The lowest BCUT2D eigenvalue weighted by Gasteiger charge is -2.34. The zero-order chi connectivity index (χ0) is 14.8. The molecular weight excluding hydrogens is 273 g/mol. The Bertz CT molecular complexity index is 485. The minimum absolute atomic E-state index is 0.166. The molecule has 0 saturated carbocycles. The molecule has 1 amide bonds. The largest absolute Gasteiger partial charge is 0.471 e. The van der Waals surface area contributed by atoms with Crippen molar-refractivity contribution in [2.24, 2.45) is 0 Å². The summed E-state index contributed by atoms with van der Waals surface area (Å²) in [5, 5.41) is 0. The van der Waals surface area contributed by atoms with Gasteiger partial charge in [-0.2, -0.15) is 13.2 Å². The fraction of sp³-hybridized carbons (Fsp3) is 0.462. The molecule has 0 unspecified atom stereocenters. The molecule has 1 saturated heterocycles. The van der Waals surface area contributed by atoms with Gasteiger partial charge in [-0.1, -0.05) is 6.07 Å². The number of carbonyl (C=O) groups excluding carboxylic acids is 1. The molecule has 4 nitrogen and oxygen atoms in total. The maximum absolute atomic E-state index is 12.8. The third-order valence-corrected chi connectivity index (χ3v) is 3.17. The van der Waals surface area contributed by atoms with Gasteiger partial charge in [0, 0.05) is 30.6 Å². The molecule has 0 atom stereocenters. The average Bonchev–Trinajstić information content (AvgIpc) is 2.39. The van der Waals surface area contributed by atoms with Gasteiger partial charge in [0.1, 0.15) is 0 Å². The molecule has 0 aliphatic carbocycles. The van der Waals surface area contributed by atoms with Crippen molar-refractivity contribution in [3.05, 3.63) is 24.3 Å². The number of carbonyl (C=O) groups is 1. The van der Waals surface area contributed by atoms with Crippen molar-refractivity contribution >= 4 is 17.3 Å². The SMILES string of the molecule is Nc1cccc(N(C(=O)C(F)(F)F)C2CCOCC2)c1. The van der Waals surface area contributed by atoms with Crippen LogP contribution < -0.4 is 10.6 Å². The third-order valence-electron chi connectivity index (χ3n) is 3.17. The van der Waals surface area contributed by atoms with Gasteiger partial charge in [-0.15, -0.1) is 0 Å². The fourth-order valence-electron chi connectivity index (χ4n) is 2.25. The monoisotopic (exact) mass is 288 g/mol. The topological polar surface area (TPSA) is 55.6 Å². The highest BCUT2D eigenvalue weighted by atomic mass is 19.4. The molecule has 1 heterocycles. The molecule has 1 aromatic carbocycles. The second kappa shape index (κ2) is 5.70. The Kier molecular flexibility index (Phi) is 4.17. The van der Waals surface area contributed by atoms with E-state index in [9.17, 15) is 18.0 Å². The Hall–Kier alpha value is -1.76. The predicted octanol–water partition coefficient (Wildman–Crippen LogP) is 2.34. The summed E-state index contributed by atoms with van der Waals surface area (Å²) in [4.78, 5) is 12.5. The summed E-state index contributed by atoms with van der Waals surface area (Å²) in [5.41, 5.74) is 6.07. The summed E-state index contributed by atoms with van der Waals surface area (Å²) < 4.78 is 43.5. The van der Waals surface area contributed by atoms with Crippen LogP contribution in [-0.4, -0.2) is 31.3 Å². The van der Waals surface area contributed by atoms with E-state index in [1.165, 1.54) is 18.2 Å². The Balaban J connectivity index is 2.35. The van der Waals surface area contributed by atoms with Crippen molar-refractivity contribution in [3.8, 4) is 0 Å². The first-order chi connectivity index (χ1) is 9.39. The summed E-state index contributed by atoms with van der Waals surface area (Å²) in [6.45, 7) is 0.684. The van der Waals surface area contributed by atoms with Gasteiger partial charge in [-0.3, -0.25) is 4.79 Å². The Morgan fingerprint density at radius 2 is 1.95 bits per heavy atom. The first-order valence-electron chi connectivity index (χ1n) is 6.23. The Labute approximate surface area is 114 Å². The van der Waals surface area contributed by atoms with Crippen LogP contribution in [0.15, 0.2) is 24.3 Å². The molecule has 1 aromatic rings. The normalized spacial score (nSPS) is 16.9. The number of nitrogens with zero attached hydrogens (tertiary/aromatic N) is 1. The first kappa shape index (κ1) is 14.6. The van der Waals surface area contributed by atoms with Gasteiger partial charge in [0.15, 0.2) is 0 Å². The molecule has 20 heavy (non-hydrogen) atoms. The first-order valence-corrected chi connectivity index (χ1v) is 6.23. The van der Waals surface area contributed by atoms with E-state index in [0.717, 1.165) is 4.90 Å². The number of alkyl halides is 3. The highest BCUT2D eigenvalue weighted by molar-refractivity contribution is 5.98. The van der Waals surface area contributed by atoms with Crippen molar-refractivity contribution in [1.82, 2.24) is 0 Å². The van der Waals surface area contributed by atoms with Gasteiger partial charge in [0.25, 0.3) is 0 Å². The predicted molar refractivity (Wildman–Crippen MR) is 68.2 cm³/mol. The van der Waals surface area contributed by atoms with Gasteiger partial charge in [-0.05, 0) is 31.0 Å². The van der Waals surface area contributed by atoms with Crippen LogP contribution in [-0.2, 0) is 9.53 Å². The van der Waals surface area contributed by atoms with Crippen molar-refractivity contribution < 1.29 is 22.7 Å². The van der Waals surface area contributed by atoms with Crippen molar-refractivity contribution in [2.45, 2.75) is 25.1 Å². The number of hydrogen-bond donors (Lipinski definition) is 1. The molecule has 1 fully saturated rings. The quantitative estimate of drug-likeness (QED) is 0.850. The average molecular weight is 288 g/mol. The summed E-state index contributed by atoms with van der Waals surface area (Å²) in [5.74, 6) is -1.87. The molecule has 0 radical (unpaired) electrons. The Morgan fingerprint density at radius 1 is 1.30 bits per heavy atom. The van der Waals surface area contributed by atoms with E-state index in [4.69, 9.17) is 10.5 Å². The van der Waals surface area contributed by atoms with Crippen LogP contribution in [0.5, 0.6) is 0 Å². The number of nitrogens with two attached hydrogens (primary N) is 1. The van der Waals surface area contributed by atoms with Crippen LogP contribution >= 0.6 is 0 Å². The zero-order valence-corrected chi connectivity index (χ0v) is 10.7. The number of nitrogen functional groups attached to an aromatic ring is 1. The second-order valence-electron chi connectivity index (χ2n) is 4.61. The lowest BCUT2D eigenvalue weighted by molar-refractivity contribution is -0.171. The number of hydrogen-bond acceptors (Lipinski definition) is 3. The van der Waals surface area contributed by atoms with Gasteiger partial charge < -0.3 is 15.4 Å². The van der Waals surface area contributed by atoms with Crippen LogP contribution in [0, 0.1) is 0 Å². The van der Waals surface area contributed by atoms with E-state index >= 15 is 0 Å². The van der Waals surface area contributed by atoms with E-state index in [0.29, 0.717) is 31.7 Å². The number of amides is 1. The van der Waals surface area contributed by atoms with Gasteiger partial charge in [0.05, 0.1) is 0 Å². The summed E-state index contributed by atoms with van der Waals surface area (Å²) in [7, 11) is 0. The van der Waals surface area contributed by atoms with E-state index in [2.05, 4.69) is 0 Å². The van der Waals surface area contributed by atoms with Crippen molar-refractivity contribution in [1.29, 1.82) is 0 Å². The number of benzene rings is 1. The minimum atomic E-state index is -4.91. The summed E-state index contributed by atoms with van der Waals surface area (Å²) >= 11 is 0. The van der Waals surface area contributed by atoms with Crippen LogP contribution in [0.25, 0.3) is 0 Å². The van der Waals surface area contributed by atoms with Gasteiger partial charge >= 0.3 is 12.1 Å². The minimum Gasteiger partial charge on any atom is -0.399 e. The van der Waals surface area contributed by atoms with Crippen molar-refractivity contribution in [2.75, 3.05) is 23.8 Å². The second-order valence-corrected chi connectivity index (χ2v) is 4.61. The number of halogens is 3. The van der Waals surface area contributed by atoms with Crippen LogP contribution in [0.4, 0.5) is 24.5 Å². The van der Waals surface area contributed by atoms with Crippen molar-refractivity contribution in [3.63, 3.8) is 0 Å². The van der Waals surface area contributed by atoms with Gasteiger partial charge in [0.2, 0.25) is 0 Å². The molecule has 7 heteroatoms. The molecule has 0 aromatic heterocycles. The van der Waals surface area contributed by atoms with Gasteiger partial charge in [-0.25, -0.2) is 0 Å². The lowest BCUT2D eigenvalue weighted by atomic mass is 10.1. The summed E-state index contributed by atoms with van der Waals surface area (Å²) in [6, 6.07) is 5.39.